The van der Waals surface area contributed by atoms with Crippen LogP contribution in [0.3, 0.4) is 0 Å². The molecule has 30 heavy (non-hydrogen) atoms. The first-order chi connectivity index (χ1) is 14.0. The molecule has 2 aliphatic heterocycles. The second kappa shape index (κ2) is 7.09. The lowest BCUT2D eigenvalue weighted by atomic mass is 9.75. The van der Waals surface area contributed by atoms with Crippen molar-refractivity contribution < 1.29 is 23.9 Å². The number of Topliss-reactive ketones (excluding diaryl/α,β-unsaturated/α-hetero) is 1. The molecule has 0 saturated carbocycles. The van der Waals surface area contributed by atoms with Crippen molar-refractivity contribution in [2.24, 2.45) is 5.41 Å². The lowest BCUT2D eigenvalue weighted by Gasteiger charge is -2.21. The van der Waals surface area contributed by atoms with Gasteiger partial charge in [0.2, 0.25) is 5.16 Å². The summed E-state index contributed by atoms with van der Waals surface area (Å²) in [4.78, 5) is 42.2. The Morgan fingerprint density at radius 3 is 2.53 bits per heavy atom. The fourth-order valence-electron chi connectivity index (χ4n) is 3.98. The average molecular weight is 450 g/mol. The molecule has 0 aliphatic carbocycles. The van der Waals surface area contributed by atoms with Crippen LogP contribution in [0.15, 0.2) is 29.4 Å². The van der Waals surface area contributed by atoms with E-state index in [1.807, 2.05) is 18.2 Å². The molecule has 8 nitrogen and oxygen atoms in total. The van der Waals surface area contributed by atoms with Crippen LogP contribution in [-0.2, 0) is 23.9 Å². The van der Waals surface area contributed by atoms with Crippen LogP contribution >= 0.6 is 23.4 Å². The highest BCUT2D eigenvalue weighted by atomic mass is 35.5. The third kappa shape index (κ3) is 3.50. The van der Waals surface area contributed by atoms with E-state index in [0.29, 0.717) is 21.6 Å². The summed E-state index contributed by atoms with van der Waals surface area (Å²) in [5.74, 6) is -1.17. The number of ether oxygens (including phenoxy) is 2. The number of carbonyl (C=O) groups excluding carboxylic acids is 3. The van der Waals surface area contributed by atoms with Gasteiger partial charge in [-0.2, -0.15) is 0 Å². The minimum absolute atomic E-state index is 0.0158. The molecule has 2 aromatic rings. The number of nitrogens with zero attached hydrogens (tertiary/aromatic N) is 2. The van der Waals surface area contributed by atoms with Gasteiger partial charge in [-0.05, 0) is 32.9 Å². The van der Waals surface area contributed by atoms with Crippen molar-refractivity contribution in [2.45, 2.75) is 50.0 Å². The zero-order valence-corrected chi connectivity index (χ0v) is 18.2. The maximum Gasteiger partial charge on any atom is 0.324 e. The molecule has 1 aromatic heterocycles. The number of cyclic esters (lactones) is 2. The number of hydrogen-bond donors (Lipinski definition) is 1. The molecule has 158 valence electrons. The number of benzene rings is 1. The van der Waals surface area contributed by atoms with Gasteiger partial charge in [0.25, 0.3) is 0 Å². The Morgan fingerprint density at radius 2 is 1.87 bits per heavy atom. The normalized spacial score (nSPS) is 27.3. The van der Waals surface area contributed by atoms with Crippen LogP contribution in [0.5, 0.6) is 0 Å². The fraction of sp³-hybridized carbons (Fsp3) is 0.450. The molecule has 0 radical (unpaired) electrons. The largest absolute Gasteiger partial charge is 0.459 e. The van der Waals surface area contributed by atoms with Gasteiger partial charge in [-0.3, -0.25) is 19.5 Å². The zero-order valence-electron chi connectivity index (χ0n) is 16.7. The summed E-state index contributed by atoms with van der Waals surface area (Å²) in [7, 11) is 0. The third-order valence-corrected chi connectivity index (χ3v) is 6.53. The Bertz CT molecular complexity index is 1050. The summed E-state index contributed by atoms with van der Waals surface area (Å²) in [6.07, 6.45) is 0.162. The highest BCUT2D eigenvalue weighted by Crippen LogP contribution is 2.52. The van der Waals surface area contributed by atoms with Crippen molar-refractivity contribution in [3.05, 3.63) is 29.3 Å². The number of nitrogens with one attached hydrogen (secondary N) is 1. The molecule has 0 unspecified atom stereocenters. The van der Waals surface area contributed by atoms with E-state index < -0.39 is 28.6 Å². The van der Waals surface area contributed by atoms with E-state index in [-0.39, 0.29) is 24.4 Å². The number of aromatic amines is 1. The van der Waals surface area contributed by atoms with E-state index >= 15 is 0 Å². The minimum atomic E-state index is -1.42. The van der Waals surface area contributed by atoms with Crippen LogP contribution in [0.1, 0.15) is 33.6 Å². The molecular weight excluding hydrogens is 430 g/mol. The topological polar surface area (TPSA) is 111 Å². The first kappa shape index (κ1) is 20.9. The molecule has 0 bridgehead atoms. The van der Waals surface area contributed by atoms with E-state index in [4.69, 9.17) is 21.1 Å². The summed E-state index contributed by atoms with van der Waals surface area (Å²) in [5.41, 5.74) is -2.88. The number of esters is 2. The molecule has 2 fully saturated rings. The Kier molecular flexibility index (Phi) is 4.93. The van der Waals surface area contributed by atoms with Gasteiger partial charge in [0.15, 0.2) is 22.6 Å². The van der Waals surface area contributed by atoms with Gasteiger partial charge in [0, 0.05) is 18.4 Å². The summed E-state index contributed by atoms with van der Waals surface area (Å²) in [6.45, 7) is 5.01. The number of carbonyl (C=O) groups is 3. The maximum atomic E-state index is 12.9. The Morgan fingerprint density at radius 1 is 1.17 bits per heavy atom. The Balaban J connectivity index is 1.45. The van der Waals surface area contributed by atoms with Crippen LogP contribution in [0.2, 0.25) is 5.02 Å². The van der Waals surface area contributed by atoms with E-state index in [1.165, 1.54) is 6.92 Å². The number of halogens is 1. The van der Waals surface area contributed by atoms with Crippen LogP contribution in [0, 0.1) is 5.41 Å². The van der Waals surface area contributed by atoms with E-state index in [0.717, 1.165) is 11.8 Å². The zero-order chi connectivity index (χ0) is 21.7. The van der Waals surface area contributed by atoms with Crippen LogP contribution < -0.4 is 0 Å². The Hall–Kier alpha value is -2.39. The molecule has 1 N–H and O–H groups in total. The molecule has 2 atom stereocenters. The summed E-state index contributed by atoms with van der Waals surface area (Å²) in [5, 5.41) is 7.80. The number of H-pyrrole nitrogens is 1. The van der Waals surface area contributed by atoms with Crippen molar-refractivity contribution >= 4 is 41.1 Å². The van der Waals surface area contributed by atoms with Crippen molar-refractivity contribution in [3.8, 4) is 11.4 Å². The molecule has 4 rings (SSSR count). The predicted octanol–water partition coefficient (Wildman–Crippen LogP) is 3.20. The summed E-state index contributed by atoms with van der Waals surface area (Å²) < 4.78 is 10.7. The SMILES string of the molecule is CC1(C)C[C@]2(C[C@](C)(C(=O)CSc3n[nH]c(-c4ccccc4Cl)n3)OC2=O)C(=O)O1. The van der Waals surface area contributed by atoms with Crippen LogP contribution in [-0.4, -0.2) is 49.9 Å². The van der Waals surface area contributed by atoms with E-state index in [9.17, 15) is 14.4 Å². The van der Waals surface area contributed by atoms with Gasteiger partial charge in [0.1, 0.15) is 5.60 Å². The van der Waals surface area contributed by atoms with Gasteiger partial charge < -0.3 is 9.47 Å². The minimum Gasteiger partial charge on any atom is -0.459 e. The molecular formula is C20H20ClN3O5S. The van der Waals surface area contributed by atoms with Crippen molar-refractivity contribution in [2.75, 3.05) is 5.75 Å². The molecule has 0 amide bonds. The first-order valence-corrected chi connectivity index (χ1v) is 10.7. The lowest BCUT2D eigenvalue weighted by Crippen LogP contribution is -2.38. The molecule has 1 spiro atoms. The number of ketones is 1. The summed E-state index contributed by atoms with van der Waals surface area (Å²) in [6, 6.07) is 7.20. The van der Waals surface area contributed by atoms with Gasteiger partial charge in [-0.1, -0.05) is 35.5 Å². The fourth-order valence-corrected chi connectivity index (χ4v) is 5.04. The lowest BCUT2D eigenvalue weighted by molar-refractivity contribution is -0.162. The predicted molar refractivity (Wildman–Crippen MR) is 109 cm³/mol. The maximum absolute atomic E-state index is 12.9. The van der Waals surface area contributed by atoms with Gasteiger partial charge in [-0.15, -0.1) is 5.10 Å². The molecule has 3 heterocycles. The molecule has 1 aromatic carbocycles. The quantitative estimate of drug-likeness (QED) is 0.420. The summed E-state index contributed by atoms with van der Waals surface area (Å²) >= 11 is 7.28. The van der Waals surface area contributed by atoms with Gasteiger partial charge in [0.05, 0.1) is 10.8 Å². The van der Waals surface area contributed by atoms with Gasteiger partial charge in [-0.25, -0.2) is 4.98 Å². The van der Waals surface area contributed by atoms with Gasteiger partial charge >= 0.3 is 11.9 Å². The smallest absolute Gasteiger partial charge is 0.324 e. The molecule has 2 saturated heterocycles. The average Bonchev–Trinajstić information content (AvgIpc) is 3.29. The van der Waals surface area contributed by atoms with E-state index in [2.05, 4.69) is 15.2 Å². The highest BCUT2D eigenvalue weighted by molar-refractivity contribution is 7.99. The number of hydrogen-bond acceptors (Lipinski definition) is 8. The van der Waals surface area contributed by atoms with Crippen molar-refractivity contribution in [3.63, 3.8) is 0 Å². The van der Waals surface area contributed by atoms with Crippen molar-refractivity contribution in [1.29, 1.82) is 0 Å². The van der Waals surface area contributed by atoms with Crippen LogP contribution in [0.25, 0.3) is 11.4 Å². The molecule has 2 aliphatic rings. The first-order valence-electron chi connectivity index (χ1n) is 9.35. The number of rotatable bonds is 5. The number of thioether (sulfide) groups is 1. The Labute approximate surface area is 182 Å². The standard InChI is InChI=1S/C20H20ClN3O5S/c1-18(2)9-20(15(26)28-18)10-19(3,29-16(20)27)13(25)8-30-17-22-14(23-24-17)11-6-4-5-7-12(11)21/h4-7H,8-10H2,1-3H3,(H,22,23,24)/t19-,20+/m1/s1. The van der Waals surface area contributed by atoms with Crippen LogP contribution in [0.4, 0.5) is 0 Å². The molecule has 10 heteroatoms. The van der Waals surface area contributed by atoms with Crippen molar-refractivity contribution in [1.82, 2.24) is 15.2 Å². The highest BCUT2D eigenvalue weighted by Gasteiger charge is 2.67. The monoisotopic (exact) mass is 449 g/mol. The van der Waals surface area contributed by atoms with E-state index in [1.54, 1.807) is 19.9 Å². The second-order valence-electron chi connectivity index (χ2n) is 8.36. The second-order valence-corrected chi connectivity index (χ2v) is 9.71. The number of aromatic nitrogens is 3. The third-order valence-electron chi connectivity index (χ3n) is 5.35.